The van der Waals surface area contributed by atoms with E-state index in [1.165, 1.54) is 4.90 Å². The Labute approximate surface area is 156 Å². The molecule has 0 bridgehead atoms. The maximum absolute atomic E-state index is 13.3. The van der Waals surface area contributed by atoms with Gasteiger partial charge in [-0.15, -0.1) is 0 Å². The van der Waals surface area contributed by atoms with Gasteiger partial charge in [-0.1, -0.05) is 54.1 Å². The highest BCUT2D eigenvalue weighted by Gasteiger charge is 2.43. The molecule has 2 aliphatic heterocycles. The summed E-state index contributed by atoms with van der Waals surface area (Å²) in [7, 11) is 0. The smallest absolute Gasteiger partial charge is 0.282 e. The van der Waals surface area contributed by atoms with Crippen LogP contribution < -0.4 is 4.90 Å². The molecule has 0 aliphatic carbocycles. The zero-order valence-electron chi connectivity index (χ0n) is 14.0. The van der Waals surface area contributed by atoms with Crippen LogP contribution in [-0.4, -0.2) is 43.0 Å². The molecule has 5 nitrogen and oxygen atoms in total. The van der Waals surface area contributed by atoms with Crippen molar-refractivity contribution in [1.82, 2.24) is 4.90 Å². The van der Waals surface area contributed by atoms with Crippen LogP contribution in [0.15, 0.2) is 60.3 Å². The van der Waals surface area contributed by atoms with E-state index in [1.54, 1.807) is 24.3 Å². The summed E-state index contributed by atoms with van der Waals surface area (Å²) in [6.07, 6.45) is 0. The van der Waals surface area contributed by atoms with E-state index in [0.717, 1.165) is 5.56 Å². The number of imide groups is 1. The molecule has 132 valence electrons. The molecule has 6 heteroatoms. The van der Waals surface area contributed by atoms with Gasteiger partial charge in [0.1, 0.15) is 5.70 Å². The number of morpholine rings is 1. The lowest BCUT2D eigenvalue weighted by Gasteiger charge is -2.29. The van der Waals surface area contributed by atoms with Crippen molar-refractivity contribution in [2.75, 3.05) is 31.2 Å². The number of ether oxygens (including phenoxy) is 1. The number of benzene rings is 2. The SMILES string of the molecule is O=C1C(c2ccccc2)=C(N2CCOCC2)C(=O)N1c1ccccc1Cl. The molecule has 0 spiro atoms. The van der Waals surface area contributed by atoms with Gasteiger partial charge < -0.3 is 9.64 Å². The van der Waals surface area contributed by atoms with Gasteiger partial charge in [0.05, 0.1) is 29.5 Å². The Morgan fingerprint density at radius 1 is 0.846 bits per heavy atom. The fourth-order valence-electron chi connectivity index (χ4n) is 3.32. The van der Waals surface area contributed by atoms with Crippen molar-refractivity contribution in [3.63, 3.8) is 0 Å². The third-order valence-corrected chi connectivity index (χ3v) is 4.86. The van der Waals surface area contributed by atoms with E-state index in [2.05, 4.69) is 0 Å². The third-order valence-electron chi connectivity index (χ3n) is 4.54. The number of anilines is 1. The maximum Gasteiger partial charge on any atom is 0.282 e. The number of hydrogen-bond donors (Lipinski definition) is 0. The fraction of sp³-hybridized carbons (Fsp3) is 0.200. The normalized spacial score (nSPS) is 18.0. The summed E-state index contributed by atoms with van der Waals surface area (Å²) < 4.78 is 5.40. The summed E-state index contributed by atoms with van der Waals surface area (Å²) in [5.41, 5.74) is 1.96. The quantitative estimate of drug-likeness (QED) is 0.782. The van der Waals surface area contributed by atoms with Crippen LogP contribution in [0.4, 0.5) is 5.69 Å². The van der Waals surface area contributed by atoms with Crippen LogP contribution in [0, 0.1) is 0 Å². The first kappa shape index (κ1) is 16.8. The second-order valence-electron chi connectivity index (χ2n) is 6.09. The number of para-hydroxylation sites is 1. The van der Waals surface area contributed by atoms with Crippen molar-refractivity contribution in [3.05, 3.63) is 70.9 Å². The number of hydrogen-bond acceptors (Lipinski definition) is 4. The summed E-state index contributed by atoms with van der Waals surface area (Å²) >= 11 is 6.26. The van der Waals surface area contributed by atoms with Crippen molar-refractivity contribution >= 4 is 34.7 Å². The summed E-state index contributed by atoms with van der Waals surface area (Å²) in [4.78, 5) is 29.6. The summed E-state index contributed by atoms with van der Waals surface area (Å²) in [6.45, 7) is 2.19. The van der Waals surface area contributed by atoms with E-state index in [4.69, 9.17) is 16.3 Å². The minimum atomic E-state index is -0.351. The molecular formula is C20H17ClN2O3. The van der Waals surface area contributed by atoms with Gasteiger partial charge in [0.25, 0.3) is 11.8 Å². The summed E-state index contributed by atoms with van der Waals surface area (Å²) in [6, 6.07) is 16.2. The molecule has 0 N–H and O–H groups in total. The van der Waals surface area contributed by atoms with Crippen molar-refractivity contribution in [2.45, 2.75) is 0 Å². The van der Waals surface area contributed by atoms with Gasteiger partial charge in [0.2, 0.25) is 0 Å². The standard InChI is InChI=1S/C20H17ClN2O3/c21-15-8-4-5-9-16(15)23-19(24)17(14-6-2-1-3-7-14)18(20(23)25)22-10-12-26-13-11-22/h1-9H,10-13H2. The van der Waals surface area contributed by atoms with Gasteiger partial charge in [-0.3, -0.25) is 9.59 Å². The molecule has 1 saturated heterocycles. The first-order valence-corrected chi connectivity index (χ1v) is 8.82. The van der Waals surface area contributed by atoms with E-state index >= 15 is 0 Å². The highest BCUT2D eigenvalue weighted by Crippen LogP contribution is 2.37. The van der Waals surface area contributed by atoms with Gasteiger partial charge in [-0.25, -0.2) is 4.90 Å². The molecule has 0 atom stereocenters. The minimum Gasteiger partial charge on any atom is -0.378 e. The van der Waals surface area contributed by atoms with E-state index in [0.29, 0.717) is 48.3 Å². The number of nitrogens with zero attached hydrogens (tertiary/aromatic N) is 2. The van der Waals surface area contributed by atoms with Crippen LogP contribution in [0.2, 0.25) is 5.02 Å². The number of rotatable bonds is 3. The number of carbonyl (C=O) groups is 2. The molecule has 2 aliphatic rings. The Balaban J connectivity index is 1.84. The van der Waals surface area contributed by atoms with E-state index < -0.39 is 0 Å². The Kier molecular flexibility index (Phi) is 4.49. The molecular weight excluding hydrogens is 352 g/mol. The average molecular weight is 369 g/mol. The molecule has 0 aromatic heterocycles. The van der Waals surface area contributed by atoms with Crippen molar-refractivity contribution < 1.29 is 14.3 Å². The van der Waals surface area contributed by atoms with Crippen LogP contribution in [0.1, 0.15) is 5.56 Å². The highest BCUT2D eigenvalue weighted by molar-refractivity contribution is 6.47. The van der Waals surface area contributed by atoms with Crippen molar-refractivity contribution in [1.29, 1.82) is 0 Å². The second-order valence-corrected chi connectivity index (χ2v) is 6.49. The molecule has 1 fully saturated rings. The van der Waals surface area contributed by atoms with Gasteiger partial charge in [0.15, 0.2) is 0 Å². The molecule has 2 amide bonds. The van der Waals surface area contributed by atoms with Gasteiger partial charge in [0, 0.05) is 13.1 Å². The minimum absolute atomic E-state index is 0.344. The largest absolute Gasteiger partial charge is 0.378 e. The van der Waals surface area contributed by atoms with Gasteiger partial charge in [-0.05, 0) is 17.7 Å². The Bertz CT molecular complexity index is 889. The molecule has 0 radical (unpaired) electrons. The predicted octanol–water partition coefficient (Wildman–Crippen LogP) is 2.96. The summed E-state index contributed by atoms with van der Waals surface area (Å²) in [5.74, 6) is -0.695. The monoisotopic (exact) mass is 368 g/mol. The molecule has 2 aromatic carbocycles. The molecule has 0 unspecified atom stereocenters. The lowest BCUT2D eigenvalue weighted by Crippen LogP contribution is -2.40. The first-order valence-electron chi connectivity index (χ1n) is 8.44. The van der Waals surface area contributed by atoms with Crippen molar-refractivity contribution in [2.24, 2.45) is 0 Å². The van der Waals surface area contributed by atoms with Gasteiger partial charge >= 0.3 is 0 Å². The Hall–Kier alpha value is -2.63. The number of amides is 2. The highest BCUT2D eigenvalue weighted by atomic mass is 35.5. The third kappa shape index (κ3) is 2.79. The van der Waals surface area contributed by atoms with Crippen LogP contribution in [0.3, 0.4) is 0 Å². The number of halogens is 1. The summed E-state index contributed by atoms with van der Waals surface area (Å²) in [5, 5.41) is 0.366. The number of carbonyl (C=O) groups excluding carboxylic acids is 2. The van der Waals surface area contributed by atoms with Crippen LogP contribution in [-0.2, 0) is 14.3 Å². The lowest BCUT2D eigenvalue weighted by atomic mass is 10.0. The molecule has 4 rings (SSSR count). The molecule has 2 heterocycles. The molecule has 26 heavy (non-hydrogen) atoms. The van der Waals surface area contributed by atoms with Crippen LogP contribution in [0.5, 0.6) is 0 Å². The fourth-order valence-corrected chi connectivity index (χ4v) is 3.54. The van der Waals surface area contributed by atoms with Gasteiger partial charge in [-0.2, -0.15) is 0 Å². The Morgan fingerprint density at radius 2 is 1.50 bits per heavy atom. The van der Waals surface area contributed by atoms with Crippen LogP contribution in [0.25, 0.3) is 5.57 Å². The second kappa shape index (κ2) is 6.94. The van der Waals surface area contributed by atoms with E-state index in [9.17, 15) is 9.59 Å². The first-order chi connectivity index (χ1) is 12.7. The lowest BCUT2D eigenvalue weighted by molar-refractivity contribution is -0.121. The van der Waals surface area contributed by atoms with E-state index in [-0.39, 0.29) is 11.8 Å². The maximum atomic E-state index is 13.3. The Morgan fingerprint density at radius 3 is 2.19 bits per heavy atom. The molecule has 2 aromatic rings. The average Bonchev–Trinajstić information content (AvgIpc) is 2.94. The zero-order valence-corrected chi connectivity index (χ0v) is 14.8. The van der Waals surface area contributed by atoms with E-state index in [1.807, 2.05) is 35.2 Å². The van der Waals surface area contributed by atoms with Crippen molar-refractivity contribution in [3.8, 4) is 0 Å². The predicted molar refractivity (Wildman–Crippen MR) is 99.7 cm³/mol. The van der Waals surface area contributed by atoms with Crippen LogP contribution >= 0.6 is 11.6 Å². The zero-order chi connectivity index (χ0) is 18.1. The topological polar surface area (TPSA) is 49.9 Å². The molecule has 0 saturated carbocycles.